The first-order chi connectivity index (χ1) is 9.85. The maximum absolute atomic E-state index is 11.8. The lowest BCUT2D eigenvalue weighted by Crippen LogP contribution is -2.66. The van der Waals surface area contributed by atoms with E-state index in [1.54, 1.807) is 26.0 Å². The molecule has 0 aliphatic carbocycles. The highest BCUT2D eigenvalue weighted by Crippen LogP contribution is 2.25. The Bertz CT molecular complexity index is 509. The van der Waals surface area contributed by atoms with Crippen molar-refractivity contribution in [3.63, 3.8) is 0 Å². The van der Waals surface area contributed by atoms with Gasteiger partial charge < -0.3 is 20.7 Å². The van der Waals surface area contributed by atoms with Crippen LogP contribution in [-0.2, 0) is 16.2 Å². The molecule has 7 heteroatoms. The number of aliphatic carboxylic acids is 1. The Morgan fingerprint density at radius 3 is 2.38 bits per heavy atom. The van der Waals surface area contributed by atoms with E-state index in [9.17, 15) is 9.59 Å². The SMILES string of the molecule is Cc1cc(CO)cc(C)c1OC(=O)CSCC([NH3+])C(=O)O. The summed E-state index contributed by atoms with van der Waals surface area (Å²) in [5, 5.41) is 17.8. The molecule has 1 atom stereocenters. The van der Waals surface area contributed by atoms with Crippen LogP contribution in [0.3, 0.4) is 0 Å². The van der Waals surface area contributed by atoms with Crippen molar-refractivity contribution in [2.45, 2.75) is 26.5 Å². The van der Waals surface area contributed by atoms with Crippen LogP contribution >= 0.6 is 11.8 Å². The first-order valence-electron chi connectivity index (χ1n) is 6.40. The van der Waals surface area contributed by atoms with Gasteiger partial charge in [-0.05, 0) is 30.5 Å². The monoisotopic (exact) mass is 314 g/mol. The van der Waals surface area contributed by atoms with Crippen LogP contribution in [0.1, 0.15) is 16.7 Å². The molecule has 0 amide bonds. The first-order valence-corrected chi connectivity index (χ1v) is 7.56. The number of carboxylic acids is 1. The fraction of sp³-hybridized carbons (Fsp3) is 0.429. The number of ether oxygens (including phenoxy) is 1. The highest BCUT2D eigenvalue weighted by atomic mass is 32.2. The fourth-order valence-electron chi connectivity index (χ4n) is 1.79. The summed E-state index contributed by atoms with van der Waals surface area (Å²) in [6.07, 6.45) is 0. The van der Waals surface area contributed by atoms with Crippen LogP contribution in [0, 0.1) is 13.8 Å². The van der Waals surface area contributed by atoms with E-state index in [-0.39, 0.29) is 18.1 Å². The highest BCUT2D eigenvalue weighted by Gasteiger charge is 2.17. The fourth-order valence-corrected chi connectivity index (χ4v) is 2.56. The summed E-state index contributed by atoms with van der Waals surface area (Å²) in [6.45, 7) is 3.54. The number of hydrogen-bond acceptors (Lipinski definition) is 5. The summed E-state index contributed by atoms with van der Waals surface area (Å²) in [7, 11) is 0. The molecule has 1 aromatic carbocycles. The van der Waals surface area contributed by atoms with E-state index in [2.05, 4.69) is 5.73 Å². The van der Waals surface area contributed by atoms with Gasteiger partial charge in [-0.2, -0.15) is 0 Å². The Kier molecular flexibility index (Phi) is 6.67. The van der Waals surface area contributed by atoms with Gasteiger partial charge in [-0.25, -0.2) is 4.79 Å². The average Bonchev–Trinajstić information content (AvgIpc) is 2.42. The molecule has 1 aromatic rings. The molecule has 0 heterocycles. The number of carbonyl (C=O) groups excluding carboxylic acids is 1. The van der Waals surface area contributed by atoms with Crippen LogP contribution in [-0.4, -0.2) is 39.7 Å². The molecule has 0 radical (unpaired) electrons. The molecule has 6 nitrogen and oxygen atoms in total. The van der Waals surface area contributed by atoms with Gasteiger partial charge in [0.25, 0.3) is 0 Å². The van der Waals surface area contributed by atoms with Gasteiger partial charge in [0.2, 0.25) is 0 Å². The summed E-state index contributed by atoms with van der Waals surface area (Å²) in [6, 6.07) is 2.79. The zero-order valence-electron chi connectivity index (χ0n) is 12.1. The van der Waals surface area contributed by atoms with E-state index >= 15 is 0 Å². The van der Waals surface area contributed by atoms with Gasteiger partial charge in [-0.1, -0.05) is 12.1 Å². The van der Waals surface area contributed by atoms with E-state index in [4.69, 9.17) is 14.9 Å². The van der Waals surface area contributed by atoms with Crippen molar-refractivity contribution in [2.75, 3.05) is 11.5 Å². The van der Waals surface area contributed by atoms with Crippen LogP contribution < -0.4 is 10.5 Å². The molecule has 21 heavy (non-hydrogen) atoms. The summed E-state index contributed by atoms with van der Waals surface area (Å²) in [5.41, 5.74) is 5.79. The second-order valence-electron chi connectivity index (χ2n) is 4.74. The minimum atomic E-state index is -0.984. The van der Waals surface area contributed by atoms with Crippen LogP contribution in [0.25, 0.3) is 0 Å². The van der Waals surface area contributed by atoms with Crippen LogP contribution in [0.4, 0.5) is 0 Å². The lowest BCUT2D eigenvalue weighted by Gasteiger charge is -2.12. The number of hydrogen-bond donors (Lipinski definition) is 3. The van der Waals surface area contributed by atoms with Crippen molar-refractivity contribution in [3.8, 4) is 5.75 Å². The standard InChI is InChI=1S/C14H19NO5S/c1-8-3-10(5-16)4-9(2)13(8)20-12(17)7-21-6-11(15)14(18)19/h3-4,11,16H,5-7,15H2,1-2H3,(H,18,19)/p+1. The molecular weight excluding hydrogens is 294 g/mol. The Hall–Kier alpha value is -1.57. The third kappa shape index (κ3) is 5.37. The molecular formula is C14H20NO5S+. The molecule has 0 aromatic heterocycles. The van der Waals surface area contributed by atoms with Crippen LogP contribution in [0.5, 0.6) is 5.75 Å². The molecule has 0 spiro atoms. The van der Waals surface area contributed by atoms with Crippen molar-refractivity contribution in [1.82, 2.24) is 0 Å². The van der Waals surface area contributed by atoms with Crippen LogP contribution in [0.15, 0.2) is 12.1 Å². The normalized spacial score (nSPS) is 12.0. The molecule has 0 fully saturated rings. The zero-order valence-corrected chi connectivity index (χ0v) is 12.9. The Balaban J connectivity index is 2.57. The van der Waals surface area contributed by atoms with E-state index in [1.165, 1.54) is 11.8 Å². The van der Waals surface area contributed by atoms with Crippen molar-refractivity contribution >= 4 is 23.7 Å². The average molecular weight is 314 g/mol. The number of aliphatic hydroxyl groups is 1. The molecule has 0 bridgehead atoms. The van der Waals surface area contributed by atoms with Crippen molar-refractivity contribution in [2.24, 2.45) is 0 Å². The molecule has 0 aliphatic rings. The van der Waals surface area contributed by atoms with Gasteiger partial charge in [0, 0.05) is 0 Å². The molecule has 1 rings (SSSR count). The largest absolute Gasteiger partial charge is 0.477 e. The third-order valence-electron chi connectivity index (χ3n) is 2.81. The molecule has 5 N–H and O–H groups in total. The zero-order chi connectivity index (χ0) is 16.0. The smallest absolute Gasteiger partial charge is 0.363 e. The Morgan fingerprint density at radius 1 is 1.33 bits per heavy atom. The molecule has 116 valence electrons. The van der Waals surface area contributed by atoms with E-state index in [1.807, 2.05) is 0 Å². The third-order valence-corrected chi connectivity index (χ3v) is 3.88. The number of rotatable bonds is 7. The number of benzene rings is 1. The van der Waals surface area contributed by atoms with Gasteiger partial charge in [0.05, 0.1) is 18.1 Å². The summed E-state index contributed by atoms with van der Waals surface area (Å²) in [4.78, 5) is 22.4. The number of quaternary nitrogens is 1. The van der Waals surface area contributed by atoms with Crippen LogP contribution in [0.2, 0.25) is 0 Å². The lowest BCUT2D eigenvalue weighted by molar-refractivity contribution is -0.400. The lowest BCUT2D eigenvalue weighted by atomic mass is 10.1. The maximum Gasteiger partial charge on any atom is 0.363 e. The quantitative estimate of drug-likeness (QED) is 0.487. The number of carboxylic acid groups (broad SMARTS) is 1. The number of carbonyl (C=O) groups is 2. The summed E-state index contributed by atoms with van der Waals surface area (Å²) >= 11 is 1.18. The van der Waals surface area contributed by atoms with Gasteiger partial charge in [0.15, 0.2) is 6.04 Å². The first kappa shape index (κ1) is 17.5. The second-order valence-corrected chi connectivity index (χ2v) is 5.77. The molecule has 0 aliphatic heterocycles. The number of thioether (sulfide) groups is 1. The van der Waals surface area contributed by atoms with Crippen molar-refractivity contribution in [1.29, 1.82) is 0 Å². The second kappa shape index (κ2) is 8.02. The van der Waals surface area contributed by atoms with Crippen molar-refractivity contribution < 1.29 is 30.3 Å². The number of aryl methyl sites for hydroxylation is 2. The highest BCUT2D eigenvalue weighted by molar-refractivity contribution is 8.00. The molecule has 1 unspecified atom stereocenters. The number of aliphatic hydroxyl groups excluding tert-OH is 1. The summed E-state index contributed by atoms with van der Waals surface area (Å²) in [5.74, 6) is -0.601. The van der Waals surface area contributed by atoms with Gasteiger partial charge in [0.1, 0.15) is 5.75 Å². The summed E-state index contributed by atoms with van der Waals surface area (Å²) < 4.78 is 5.31. The maximum atomic E-state index is 11.8. The Morgan fingerprint density at radius 2 is 1.90 bits per heavy atom. The minimum Gasteiger partial charge on any atom is -0.477 e. The van der Waals surface area contributed by atoms with Crippen molar-refractivity contribution in [3.05, 3.63) is 28.8 Å². The van der Waals surface area contributed by atoms with E-state index in [0.717, 1.165) is 16.7 Å². The predicted molar refractivity (Wildman–Crippen MR) is 79.1 cm³/mol. The van der Waals surface area contributed by atoms with Gasteiger partial charge in [-0.15, -0.1) is 11.8 Å². The topological polar surface area (TPSA) is 111 Å². The predicted octanol–water partition coefficient (Wildman–Crippen LogP) is 0.129. The Labute approximate surface area is 127 Å². The molecule has 0 saturated heterocycles. The van der Waals surface area contributed by atoms with Gasteiger partial charge in [-0.3, -0.25) is 4.79 Å². The molecule has 0 saturated carbocycles. The van der Waals surface area contributed by atoms with E-state index in [0.29, 0.717) is 5.75 Å². The number of esters is 1. The minimum absolute atomic E-state index is 0.0637. The van der Waals surface area contributed by atoms with Gasteiger partial charge >= 0.3 is 11.9 Å². The van der Waals surface area contributed by atoms with E-state index < -0.39 is 18.0 Å².